The highest BCUT2D eigenvalue weighted by atomic mass is 32.2. The molecule has 0 spiro atoms. The van der Waals surface area contributed by atoms with Crippen LogP contribution in [0.1, 0.15) is 24.5 Å². The summed E-state index contributed by atoms with van der Waals surface area (Å²) in [6.45, 7) is 1.94. The zero-order valence-electron chi connectivity index (χ0n) is 13.5. The topological polar surface area (TPSA) is 38.3 Å². The molecule has 0 fully saturated rings. The van der Waals surface area contributed by atoms with Gasteiger partial charge < -0.3 is 10.1 Å². The third-order valence-corrected chi connectivity index (χ3v) is 5.20. The SMILES string of the molecule is COc1ccc(NC(=O)[C@H](C)Sc2ccc3c(c2)CCC3)cc1. The number of fused-ring (bicyclic) bond motifs is 1. The molecule has 3 nitrogen and oxygen atoms in total. The highest BCUT2D eigenvalue weighted by molar-refractivity contribution is 8.00. The van der Waals surface area contributed by atoms with Crippen molar-refractivity contribution in [3.8, 4) is 5.75 Å². The van der Waals surface area contributed by atoms with Gasteiger partial charge in [0.25, 0.3) is 0 Å². The van der Waals surface area contributed by atoms with Crippen molar-refractivity contribution in [3.63, 3.8) is 0 Å². The van der Waals surface area contributed by atoms with Crippen molar-refractivity contribution in [2.45, 2.75) is 36.3 Å². The molecular formula is C19H21NO2S. The number of rotatable bonds is 5. The van der Waals surface area contributed by atoms with Gasteiger partial charge in [-0.2, -0.15) is 0 Å². The second-order valence-corrected chi connectivity index (χ2v) is 7.18. The fourth-order valence-corrected chi connectivity index (χ4v) is 3.73. The van der Waals surface area contributed by atoms with Crippen LogP contribution in [0.15, 0.2) is 47.4 Å². The molecule has 0 saturated carbocycles. The van der Waals surface area contributed by atoms with Gasteiger partial charge in [0, 0.05) is 10.6 Å². The maximum atomic E-state index is 12.3. The van der Waals surface area contributed by atoms with Gasteiger partial charge in [0.05, 0.1) is 12.4 Å². The van der Waals surface area contributed by atoms with E-state index in [0.29, 0.717) is 0 Å². The molecule has 1 aliphatic carbocycles. The summed E-state index contributed by atoms with van der Waals surface area (Å²) < 4.78 is 5.12. The van der Waals surface area contributed by atoms with E-state index < -0.39 is 0 Å². The second-order valence-electron chi connectivity index (χ2n) is 5.76. The number of benzene rings is 2. The van der Waals surface area contributed by atoms with Crippen molar-refractivity contribution in [2.75, 3.05) is 12.4 Å². The van der Waals surface area contributed by atoms with Gasteiger partial charge in [0.15, 0.2) is 0 Å². The third kappa shape index (κ3) is 3.88. The van der Waals surface area contributed by atoms with Crippen LogP contribution in [0.5, 0.6) is 5.75 Å². The van der Waals surface area contributed by atoms with Crippen LogP contribution >= 0.6 is 11.8 Å². The summed E-state index contributed by atoms with van der Waals surface area (Å²) in [5, 5.41) is 2.81. The number of thioether (sulfide) groups is 1. The molecule has 4 heteroatoms. The van der Waals surface area contributed by atoms with Crippen LogP contribution < -0.4 is 10.1 Å². The first-order valence-corrected chi connectivity index (χ1v) is 8.77. The molecule has 2 aromatic rings. The monoisotopic (exact) mass is 327 g/mol. The minimum Gasteiger partial charge on any atom is -0.497 e. The Labute approximate surface area is 141 Å². The van der Waals surface area contributed by atoms with Crippen LogP contribution in [0.25, 0.3) is 0 Å². The van der Waals surface area contributed by atoms with Crippen LogP contribution in [0.2, 0.25) is 0 Å². The Morgan fingerprint density at radius 1 is 1.13 bits per heavy atom. The van der Waals surface area contributed by atoms with E-state index in [9.17, 15) is 4.79 Å². The van der Waals surface area contributed by atoms with Crippen molar-refractivity contribution in [1.82, 2.24) is 0 Å². The minimum absolute atomic E-state index is 0.0145. The van der Waals surface area contributed by atoms with Crippen molar-refractivity contribution in [1.29, 1.82) is 0 Å². The molecule has 120 valence electrons. The predicted molar refractivity (Wildman–Crippen MR) is 95.4 cm³/mol. The quantitative estimate of drug-likeness (QED) is 0.832. The van der Waals surface area contributed by atoms with E-state index in [0.717, 1.165) is 17.9 Å². The first-order chi connectivity index (χ1) is 11.2. The molecule has 0 saturated heterocycles. The number of hydrogen-bond donors (Lipinski definition) is 1. The number of methoxy groups -OCH3 is 1. The highest BCUT2D eigenvalue weighted by Gasteiger charge is 2.17. The second kappa shape index (κ2) is 7.09. The molecule has 0 aromatic heterocycles. The molecule has 1 atom stereocenters. The number of amides is 1. The van der Waals surface area contributed by atoms with Crippen LogP contribution in [0.3, 0.4) is 0 Å². The zero-order chi connectivity index (χ0) is 16.2. The fourth-order valence-electron chi connectivity index (χ4n) is 2.80. The predicted octanol–water partition coefficient (Wildman–Crippen LogP) is 4.30. The number of aryl methyl sites for hydroxylation is 2. The van der Waals surface area contributed by atoms with E-state index in [1.165, 1.54) is 28.9 Å². The molecule has 0 aliphatic heterocycles. The molecule has 0 unspecified atom stereocenters. The van der Waals surface area contributed by atoms with Crippen molar-refractivity contribution in [3.05, 3.63) is 53.6 Å². The van der Waals surface area contributed by atoms with Gasteiger partial charge in [-0.15, -0.1) is 11.8 Å². The van der Waals surface area contributed by atoms with Gasteiger partial charge in [-0.25, -0.2) is 0 Å². The van der Waals surface area contributed by atoms with Gasteiger partial charge in [0.1, 0.15) is 5.75 Å². The molecule has 3 rings (SSSR count). The number of carbonyl (C=O) groups is 1. The third-order valence-electron chi connectivity index (χ3n) is 4.11. The van der Waals surface area contributed by atoms with Crippen LogP contribution in [-0.2, 0) is 17.6 Å². The summed E-state index contributed by atoms with van der Waals surface area (Å²) in [5.74, 6) is 0.796. The fraction of sp³-hybridized carbons (Fsp3) is 0.316. The van der Waals surface area contributed by atoms with E-state index in [2.05, 4.69) is 23.5 Å². The molecule has 1 amide bonds. The lowest BCUT2D eigenvalue weighted by atomic mass is 10.1. The summed E-state index contributed by atoms with van der Waals surface area (Å²) in [5.41, 5.74) is 3.69. The lowest BCUT2D eigenvalue weighted by molar-refractivity contribution is -0.115. The molecular weight excluding hydrogens is 306 g/mol. The molecule has 0 bridgehead atoms. The van der Waals surface area contributed by atoms with Gasteiger partial charge in [-0.3, -0.25) is 4.79 Å². The Bertz CT molecular complexity index is 697. The van der Waals surface area contributed by atoms with Crippen molar-refractivity contribution >= 4 is 23.4 Å². The molecule has 1 aliphatic rings. The molecule has 23 heavy (non-hydrogen) atoms. The molecule has 0 radical (unpaired) electrons. The normalized spacial score (nSPS) is 14.2. The minimum atomic E-state index is -0.142. The number of nitrogens with one attached hydrogen (secondary N) is 1. The van der Waals surface area contributed by atoms with E-state index in [4.69, 9.17) is 4.74 Å². The average Bonchev–Trinajstić information content (AvgIpc) is 3.03. The van der Waals surface area contributed by atoms with E-state index in [1.807, 2.05) is 31.2 Å². The lowest BCUT2D eigenvalue weighted by Gasteiger charge is -2.13. The molecule has 2 aromatic carbocycles. The first kappa shape index (κ1) is 15.9. The number of hydrogen-bond acceptors (Lipinski definition) is 3. The van der Waals surface area contributed by atoms with E-state index in [-0.39, 0.29) is 11.2 Å². The molecule has 1 N–H and O–H groups in total. The van der Waals surface area contributed by atoms with Crippen LogP contribution in [0.4, 0.5) is 5.69 Å². The van der Waals surface area contributed by atoms with Gasteiger partial charge >= 0.3 is 0 Å². The Hall–Kier alpha value is -1.94. The number of ether oxygens (including phenoxy) is 1. The van der Waals surface area contributed by atoms with Crippen molar-refractivity contribution < 1.29 is 9.53 Å². The van der Waals surface area contributed by atoms with E-state index in [1.54, 1.807) is 18.9 Å². The van der Waals surface area contributed by atoms with E-state index >= 15 is 0 Å². The first-order valence-electron chi connectivity index (χ1n) is 7.89. The van der Waals surface area contributed by atoms with Crippen LogP contribution in [0, 0.1) is 0 Å². The summed E-state index contributed by atoms with van der Waals surface area (Å²) in [6, 6.07) is 14.0. The largest absolute Gasteiger partial charge is 0.497 e. The Morgan fingerprint density at radius 2 is 1.87 bits per heavy atom. The lowest BCUT2D eigenvalue weighted by Crippen LogP contribution is -2.22. The standard InChI is InChI=1S/C19H21NO2S/c1-13(19(21)20-16-7-9-17(22-2)10-8-16)23-18-11-6-14-4-3-5-15(14)12-18/h6-13H,3-5H2,1-2H3,(H,20,21)/t13-/m0/s1. The summed E-state index contributed by atoms with van der Waals surface area (Å²) >= 11 is 1.61. The molecule has 0 heterocycles. The van der Waals surface area contributed by atoms with Gasteiger partial charge in [-0.1, -0.05) is 6.07 Å². The summed E-state index contributed by atoms with van der Waals surface area (Å²) in [7, 11) is 1.63. The summed E-state index contributed by atoms with van der Waals surface area (Å²) in [6.07, 6.45) is 3.60. The Balaban J connectivity index is 1.60. The van der Waals surface area contributed by atoms with Gasteiger partial charge in [-0.05, 0) is 73.7 Å². The Morgan fingerprint density at radius 3 is 2.61 bits per heavy atom. The Kier molecular flexibility index (Phi) is 4.91. The smallest absolute Gasteiger partial charge is 0.237 e. The van der Waals surface area contributed by atoms with Gasteiger partial charge in [0.2, 0.25) is 5.91 Å². The maximum Gasteiger partial charge on any atom is 0.237 e. The van der Waals surface area contributed by atoms with Crippen LogP contribution in [-0.4, -0.2) is 18.3 Å². The number of anilines is 1. The highest BCUT2D eigenvalue weighted by Crippen LogP contribution is 2.30. The summed E-state index contributed by atoms with van der Waals surface area (Å²) in [4.78, 5) is 13.5. The maximum absolute atomic E-state index is 12.3. The average molecular weight is 327 g/mol. The zero-order valence-corrected chi connectivity index (χ0v) is 14.3. The van der Waals surface area contributed by atoms with Crippen molar-refractivity contribution in [2.24, 2.45) is 0 Å². The number of carbonyl (C=O) groups excluding carboxylic acids is 1.